The molecule has 0 saturated carbocycles. The van der Waals surface area contributed by atoms with Crippen molar-refractivity contribution >= 4 is 29.0 Å². The lowest BCUT2D eigenvalue weighted by molar-refractivity contribution is -0.113. The minimum Gasteiger partial charge on any atom is -0.497 e. The average Bonchev–Trinajstić information content (AvgIpc) is 3.15. The summed E-state index contributed by atoms with van der Waals surface area (Å²) in [6, 6.07) is 15.0. The van der Waals surface area contributed by atoms with Gasteiger partial charge in [-0.05, 0) is 59.0 Å². The molecule has 0 atom stereocenters. The molecule has 0 aliphatic rings. The number of benzene rings is 2. The van der Waals surface area contributed by atoms with Crippen molar-refractivity contribution in [3.63, 3.8) is 0 Å². The number of nitrogens with zero attached hydrogens (tertiary/aromatic N) is 5. The number of carbonyl (C=O) groups excluding carboxylic acids is 1. The highest BCUT2D eigenvalue weighted by Gasteiger charge is 2.12. The van der Waals surface area contributed by atoms with E-state index in [9.17, 15) is 4.79 Å². The molecule has 8 nitrogen and oxygen atoms in total. The second-order valence-corrected chi connectivity index (χ2v) is 6.79. The predicted molar refractivity (Wildman–Crippen MR) is 106 cm³/mol. The molecule has 0 spiro atoms. The van der Waals surface area contributed by atoms with Crippen LogP contribution in [0.15, 0.2) is 53.7 Å². The fraction of sp³-hybridized carbons (Fsp3) is 0.222. The summed E-state index contributed by atoms with van der Waals surface area (Å²) in [6.07, 6.45) is 0. The molecule has 27 heavy (non-hydrogen) atoms. The molecular formula is C18H20N6O2S. The minimum absolute atomic E-state index is 0.123. The number of nitrogens with one attached hydrogen (secondary N) is 1. The summed E-state index contributed by atoms with van der Waals surface area (Å²) in [5.41, 5.74) is 2.62. The monoisotopic (exact) mass is 384 g/mol. The van der Waals surface area contributed by atoms with Gasteiger partial charge in [-0.2, -0.15) is 4.68 Å². The number of hydrogen-bond donors (Lipinski definition) is 1. The molecule has 0 saturated heterocycles. The Bertz CT molecular complexity index is 893. The van der Waals surface area contributed by atoms with Crippen molar-refractivity contribution in [2.75, 3.05) is 37.2 Å². The van der Waals surface area contributed by atoms with Crippen molar-refractivity contribution in [3.05, 3.63) is 48.5 Å². The van der Waals surface area contributed by atoms with Gasteiger partial charge in [-0.15, -0.1) is 5.10 Å². The number of methoxy groups -OCH3 is 1. The minimum atomic E-state index is -0.123. The maximum atomic E-state index is 12.2. The van der Waals surface area contributed by atoms with Gasteiger partial charge in [0.05, 0.1) is 18.6 Å². The Morgan fingerprint density at radius 1 is 1.15 bits per heavy atom. The van der Waals surface area contributed by atoms with Crippen molar-refractivity contribution in [1.29, 1.82) is 0 Å². The molecule has 1 amide bonds. The molecular weight excluding hydrogens is 364 g/mol. The number of amides is 1. The summed E-state index contributed by atoms with van der Waals surface area (Å²) in [5.74, 6) is 0.828. The van der Waals surface area contributed by atoms with E-state index in [-0.39, 0.29) is 11.7 Å². The predicted octanol–water partition coefficient (Wildman–Crippen LogP) is 2.47. The molecule has 3 rings (SSSR count). The van der Waals surface area contributed by atoms with E-state index in [0.717, 1.165) is 22.8 Å². The van der Waals surface area contributed by atoms with E-state index >= 15 is 0 Å². The van der Waals surface area contributed by atoms with Crippen LogP contribution in [0.25, 0.3) is 5.69 Å². The fourth-order valence-corrected chi connectivity index (χ4v) is 3.02. The van der Waals surface area contributed by atoms with Crippen molar-refractivity contribution in [2.24, 2.45) is 0 Å². The quantitative estimate of drug-likeness (QED) is 0.626. The van der Waals surface area contributed by atoms with Gasteiger partial charge in [-0.25, -0.2) is 0 Å². The van der Waals surface area contributed by atoms with Gasteiger partial charge in [0.1, 0.15) is 5.75 Å². The molecule has 2 aromatic carbocycles. The summed E-state index contributed by atoms with van der Waals surface area (Å²) < 4.78 is 6.74. The van der Waals surface area contributed by atoms with Crippen LogP contribution in [-0.4, -0.2) is 53.1 Å². The first kappa shape index (κ1) is 18.7. The highest BCUT2D eigenvalue weighted by molar-refractivity contribution is 7.99. The maximum Gasteiger partial charge on any atom is 0.234 e. The second-order valence-electron chi connectivity index (χ2n) is 5.85. The number of ether oxygens (including phenoxy) is 1. The van der Waals surface area contributed by atoms with E-state index in [0.29, 0.717) is 5.16 Å². The number of rotatable bonds is 7. The van der Waals surface area contributed by atoms with Crippen LogP contribution in [0.5, 0.6) is 5.75 Å². The first-order valence-corrected chi connectivity index (χ1v) is 9.18. The van der Waals surface area contributed by atoms with E-state index in [1.165, 1.54) is 11.8 Å². The molecule has 0 aliphatic carbocycles. The van der Waals surface area contributed by atoms with Crippen molar-refractivity contribution in [1.82, 2.24) is 20.2 Å². The van der Waals surface area contributed by atoms with Crippen LogP contribution < -0.4 is 15.0 Å². The Labute approximate surface area is 161 Å². The fourth-order valence-electron chi connectivity index (χ4n) is 2.32. The molecule has 0 aliphatic heterocycles. The van der Waals surface area contributed by atoms with Gasteiger partial charge in [0.25, 0.3) is 0 Å². The van der Waals surface area contributed by atoms with Crippen LogP contribution in [0, 0.1) is 0 Å². The van der Waals surface area contributed by atoms with Gasteiger partial charge in [0, 0.05) is 25.5 Å². The van der Waals surface area contributed by atoms with Crippen molar-refractivity contribution < 1.29 is 9.53 Å². The summed E-state index contributed by atoms with van der Waals surface area (Å²) >= 11 is 1.27. The van der Waals surface area contributed by atoms with Gasteiger partial charge >= 0.3 is 0 Å². The molecule has 1 aromatic heterocycles. The Hall–Kier alpha value is -3.07. The van der Waals surface area contributed by atoms with Gasteiger partial charge in [0.2, 0.25) is 11.1 Å². The lowest BCUT2D eigenvalue weighted by atomic mass is 10.2. The number of carbonyl (C=O) groups is 1. The van der Waals surface area contributed by atoms with Crippen LogP contribution in [0.4, 0.5) is 11.4 Å². The van der Waals surface area contributed by atoms with E-state index in [1.54, 1.807) is 11.8 Å². The molecule has 140 valence electrons. The highest BCUT2D eigenvalue weighted by Crippen LogP contribution is 2.21. The Morgan fingerprint density at radius 3 is 2.48 bits per heavy atom. The average molecular weight is 384 g/mol. The van der Waals surface area contributed by atoms with Crippen LogP contribution in [0.1, 0.15) is 0 Å². The largest absolute Gasteiger partial charge is 0.497 e. The van der Waals surface area contributed by atoms with Crippen LogP contribution in [0.3, 0.4) is 0 Å². The molecule has 0 unspecified atom stereocenters. The molecule has 9 heteroatoms. The Morgan fingerprint density at radius 2 is 1.85 bits per heavy atom. The standard InChI is InChI=1S/C18H20N6O2S/c1-23(2)14-6-4-13(5-7-14)19-17(25)12-27-18-20-21-22-24(18)15-8-10-16(26-3)11-9-15/h4-11H,12H2,1-3H3,(H,19,25). The van der Waals surface area contributed by atoms with Crippen molar-refractivity contribution in [3.8, 4) is 11.4 Å². The molecule has 0 radical (unpaired) electrons. The molecule has 1 N–H and O–H groups in total. The van der Waals surface area contributed by atoms with E-state index in [1.807, 2.05) is 67.5 Å². The SMILES string of the molecule is COc1ccc(-n2nnnc2SCC(=O)Nc2ccc(N(C)C)cc2)cc1. The summed E-state index contributed by atoms with van der Waals surface area (Å²) in [5, 5.41) is 15.1. The summed E-state index contributed by atoms with van der Waals surface area (Å²) in [7, 11) is 5.55. The molecule has 0 bridgehead atoms. The third-order valence-corrected chi connectivity index (χ3v) is 4.68. The van der Waals surface area contributed by atoms with Crippen LogP contribution in [0.2, 0.25) is 0 Å². The number of aromatic nitrogens is 4. The van der Waals surface area contributed by atoms with Gasteiger partial charge in [-0.3, -0.25) is 4.79 Å². The van der Waals surface area contributed by atoms with E-state index in [2.05, 4.69) is 20.8 Å². The smallest absolute Gasteiger partial charge is 0.234 e. The summed E-state index contributed by atoms with van der Waals surface area (Å²) in [6.45, 7) is 0. The molecule has 1 heterocycles. The number of thioether (sulfide) groups is 1. The molecule has 0 fully saturated rings. The number of anilines is 2. The zero-order valence-electron chi connectivity index (χ0n) is 15.3. The van der Waals surface area contributed by atoms with Gasteiger partial charge in [0.15, 0.2) is 0 Å². The maximum absolute atomic E-state index is 12.2. The van der Waals surface area contributed by atoms with E-state index in [4.69, 9.17) is 4.74 Å². The highest BCUT2D eigenvalue weighted by atomic mass is 32.2. The van der Waals surface area contributed by atoms with Gasteiger partial charge in [-0.1, -0.05) is 11.8 Å². The number of hydrogen-bond acceptors (Lipinski definition) is 7. The van der Waals surface area contributed by atoms with Crippen molar-refractivity contribution in [2.45, 2.75) is 5.16 Å². The lowest BCUT2D eigenvalue weighted by Gasteiger charge is -2.13. The number of tetrazole rings is 1. The Kier molecular flexibility index (Phi) is 5.92. The van der Waals surface area contributed by atoms with E-state index < -0.39 is 0 Å². The van der Waals surface area contributed by atoms with Crippen LogP contribution >= 0.6 is 11.8 Å². The molecule has 3 aromatic rings. The zero-order chi connectivity index (χ0) is 19.2. The zero-order valence-corrected chi connectivity index (χ0v) is 16.1. The lowest BCUT2D eigenvalue weighted by Crippen LogP contribution is -2.15. The second kappa shape index (κ2) is 8.54. The first-order chi connectivity index (χ1) is 13.1. The first-order valence-electron chi connectivity index (χ1n) is 8.19. The third kappa shape index (κ3) is 4.76. The van der Waals surface area contributed by atoms with Crippen LogP contribution in [-0.2, 0) is 4.79 Å². The third-order valence-electron chi connectivity index (χ3n) is 3.76. The topological polar surface area (TPSA) is 85.2 Å². The van der Waals surface area contributed by atoms with Gasteiger partial charge < -0.3 is 15.0 Å². The Balaban J connectivity index is 1.60. The summed E-state index contributed by atoms with van der Waals surface area (Å²) in [4.78, 5) is 14.2. The normalized spacial score (nSPS) is 10.5.